The highest BCUT2D eigenvalue weighted by atomic mass is 16.7. The molecule has 2 aliphatic carbocycles. The number of esters is 1. The maximum absolute atomic E-state index is 11.4. The Labute approximate surface area is 133 Å². The zero-order chi connectivity index (χ0) is 15.5. The molecule has 1 aliphatic heterocycles. The van der Waals surface area contributed by atoms with Gasteiger partial charge >= 0.3 is 5.97 Å². The van der Waals surface area contributed by atoms with Gasteiger partial charge in [0.15, 0.2) is 5.79 Å². The lowest BCUT2D eigenvalue weighted by Gasteiger charge is -2.43. The third kappa shape index (κ3) is 3.65. The van der Waals surface area contributed by atoms with Crippen molar-refractivity contribution in [2.75, 3.05) is 19.8 Å². The van der Waals surface area contributed by atoms with Crippen LogP contribution in [0.1, 0.15) is 71.1 Å². The number of carbonyl (C=O) groups is 1. The average molecular weight is 310 g/mol. The van der Waals surface area contributed by atoms with Gasteiger partial charge < -0.3 is 14.2 Å². The predicted molar refractivity (Wildman–Crippen MR) is 83.4 cm³/mol. The third-order valence-electron chi connectivity index (χ3n) is 5.83. The van der Waals surface area contributed by atoms with E-state index in [4.69, 9.17) is 14.2 Å². The van der Waals surface area contributed by atoms with Crippen LogP contribution in [0.5, 0.6) is 0 Å². The number of ether oxygens (including phenoxy) is 3. The molecule has 0 aromatic rings. The van der Waals surface area contributed by atoms with Crippen LogP contribution in [-0.2, 0) is 19.0 Å². The van der Waals surface area contributed by atoms with E-state index in [1.807, 2.05) is 6.92 Å². The standard InChI is InChI=1S/C18H30O4/c1-2-20-16(19)6-3-5-15-7-10-17(13-15)8-4-9-18(14-17)21-11-12-22-18/h15H,2-14H2,1H3. The molecular weight excluding hydrogens is 280 g/mol. The van der Waals surface area contributed by atoms with Gasteiger partial charge in [-0.2, -0.15) is 0 Å². The lowest BCUT2D eigenvalue weighted by Crippen LogP contribution is -2.41. The van der Waals surface area contributed by atoms with Gasteiger partial charge in [0.1, 0.15) is 0 Å². The van der Waals surface area contributed by atoms with Crippen LogP contribution < -0.4 is 0 Å². The largest absolute Gasteiger partial charge is 0.466 e. The molecule has 22 heavy (non-hydrogen) atoms. The van der Waals surface area contributed by atoms with Gasteiger partial charge in [0.2, 0.25) is 0 Å². The summed E-state index contributed by atoms with van der Waals surface area (Å²) in [6.07, 6.45) is 11.3. The first kappa shape index (κ1) is 16.3. The Morgan fingerprint density at radius 2 is 2.05 bits per heavy atom. The Balaban J connectivity index is 1.46. The normalized spacial score (nSPS) is 33.6. The number of rotatable bonds is 5. The van der Waals surface area contributed by atoms with Crippen molar-refractivity contribution >= 4 is 5.97 Å². The van der Waals surface area contributed by atoms with Crippen molar-refractivity contribution in [1.82, 2.24) is 0 Å². The molecule has 0 N–H and O–H groups in total. The molecule has 1 saturated heterocycles. The summed E-state index contributed by atoms with van der Waals surface area (Å²) in [4.78, 5) is 11.4. The van der Waals surface area contributed by atoms with Crippen LogP contribution in [0, 0.1) is 11.3 Å². The molecule has 3 aliphatic rings. The minimum absolute atomic E-state index is 0.0421. The highest BCUT2D eigenvalue weighted by Gasteiger charge is 2.50. The highest BCUT2D eigenvalue weighted by molar-refractivity contribution is 5.69. The van der Waals surface area contributed by atoms with Crippen molar-refractivity contribution in [3.63, 3.8) is 0 Å². The summed E-state index contributed by atoms with van der Waals surface area (Å²) in [6.45, 7) is 3.89. The second kappa shape index (κ2) is 6.88. The monoisotopic (exact) mass is 310 g/mol. The van der Waals surface area contributed by atoms with E-state index < -0.39 is 0 Å². The molecule has 0 aromatic heterocycles. The fraction of sp³-hybridized carbons (Fsp3) is 0.944. The van der Waals surface area contributed by atoms with Crippen molar-refractivity contribution < 1.29 is 19.0 Å². The second-order valence-electron chi connectivity index (χ2n) is 7.44. The first-order valence-corrected chi connectivity index (χ1v) is 9.09. The average Bonchev–Trinajstić information content (AvgIpc) is 3.08. The topological polar surface area (TPSA) is 44.8 Å². The van der Waals surface area contributed by atoms with Crippen LogP contribution >= 0.6 is 0 Å². The van der Waals surface area contributed by atoms with Crippen LogP contribution in [0.3, 0.4) is 0 Å². The molecule has 1 heterocycles. The maximum atomic E-state index is 11.4. The van der Waals surface area contributed by atoms with Crippen molar-refractivity contribution in [2.45, 2.75) is 76.9 Å². The smallest absolute Gasteiger partial charge is 0.305 e. The van der Waals surface area contributed by atoms with Crippen molar-refractivity contribution in [2.24, 2.45) is 11.3 Å². The molecule has 0 aromatic carbocycles. The van der Waals surface area contributed by atoms with E-state index >= 15 is 0 Å². The Kier molecular flexibility index (Phi) is 5.08. The molecule has 4 heteroatoms. The van der Waals surface area contributed by atoms with Crippen LogP contribution in [0.4, 0.5) is 0 Å². The molecule has 2 spiro atoms. The molecule has 4 nitrogen and oxygen atoms in total. The molecule has 126 valence electrons. The summed E-state index contributed by atoms with van der Waals surface area (Å²) in [5.74, 6) is 0.475. The molecule has 2 unspecified atom stereocenters. The number of carbonyl (C=O) groups excluding carboxylic acids is 1. The van der Waals surface area contributed by atoms with Gasteiger partial charge in [-0.15, -0.1) is 0 Å². The van der Waals surface area contributed by atoms with E-state index in [1.165, 1.54) is 32.1 Å². The summed E-state index contributed by atoms with van der Waals surface area (Å²) < 4.78 is 16.9. The summed E-state index contributed by atoms with van der Waals surface area (Å²) in [5.41, 5.74) is 0.442. The minimum atomic E-state index is -0.252. The molecule has 0 amide bonds. The molecule has 0 radical (unpaired) electrons. The van der Waals surface area contributed by atoms with Gasteiger partial charge in [0.25, 0.3) is 0 Å². The third-order valence-corrected chi connectivity index (χ3v) is 5.83. The molecule has 3 rings (SSSR count). The first-order valence-electron chi connectivity index (χ1n) is 9.09. The zero-order valence-electron chi connectivity index (χ0n) is 13.9. The van der Waals surface area contributed by atoms with Crippen molar-refractivity contribution in [3.8, 4) is 0 Å². The van der Waals surface area contributed by atoms with Gasteiger partial charge in [-0.3, -0.25) is 4.79 Å². The quantitative estimate of drug-likeness (QED) is 0.724. The fourth-order valence-corrected chi connectivity index (χ4v) is 4.95. The van der Waals surface area contributed by atoms with Crippen LogP contribution in [0.2, 0.25) is 0 Å². The first-order chi connectivity index (χ1) is 10.7. The molecule has 0 bridgehead atoms. The zero-order valence-corrected chi connectivity index (χ0v) is 13.9. The van der Waals surface area contributed by atoms with E-state index in [2.05, 4.69) is 0 Å². The highest BCUT2D eigenvalue weighted by Crippen LogP contribution is 2.56. The van der Waals surface area contributed by atoms with Crippen molar-refractivity contribution in [3.05, 3.63) is 0 Å². The van der Waals surface area contributed by atoms with Gasteiger partial charge in [-0.05, 0) is 63.2 Å². The lowest BCUT2D eigenvalue weighted by molar-refractivity contribution is -0.201. The van der Waals surface area contributed by atoms with Gasteiger partial charge in [0, 0.05) is 19.3 Å². The Morgan fingerprint density at radius 1 is 1.23 bits per heavy atom. The van der Waals surface area contributed by atoms with E-state index in [-0.39, 0.29) is 11.8 Å². The predicted octanol–water partition coefficient (Wildman–Crippen LogP) is 3.82. The summed E-state index contributed by atoms with van der Waals surface area (Å²) in [7, 11) is 0. The molecule has 2 atom stereocenters. The van der Waals surface area contributed by atoms with Crippen LogP contribution in [-0.4, -0.2) is 31.6 Å². The molecular formula is C18H30O4. The summed E-state index contributed by atoms with van der Waals surface area (Å²) in [6, 6.07) is 0. The van der Waals surface area contributed by atoms with E-state index in [0.29, 0.717) is 18.4 Å². The van der Waals surface area contributed by atoms with Gasteiger partial charge in [0.05, 0.1) is 19.8 Å². The van der Waals surface area contributed by atoms with E-state index in [9.17, 15) is 4.79 Å². The Morgan fingerprint density at radius 3 is 2.82 bits per heavy atom. The Bertz CT molecular complexity index is 389. The summed E-state index contributed by atoms with van der Waals surface area (Å²) in [5, 5.41) is 0. The van der Waals surface area contributed by atoms with Gasteiger partial charge in [-0.25, -0.2) is 0 Å². The second-order valence-corrected chi connectivity index (χ2v) is 7.44. The maximum Gasteiger partial charge on any atom is 0.305 e. The fourth-order valence-electron chi connectivity index (χ4n) is 4.95. The van der Waals surface area contributed by atoms with E-state index in [1.54, 1.807) is 0 Å². The molecule has 2 saturated carbocycles. The Hall–Kier alpha value is -0.610. The van der Waals surface area contributed by atoms with Gasteiger partial charge in [-0.1, -0.05) is 0 Å². The summed E-state index contributed by atoms with van der Waals surface area (Å²) >= 11 is 0. The SMILES string of the molecule is CCOC(=O)CCCC1CCC2(CCCC3(C2)OCCO3)C1. The minimum Gasteiger partial charge on any atom is -0.466 e. The van der Waals surface area contributed by atoms with Crippen molar-refractivity contribution in [1.29, 1.82) is 0 Å². The number of hydrogen-bond donors (Lipinski definition) is 0. The van der Waals surface area contributed by atoms with Crippen LogP contribution in [0.25, 0.3) is 0 Å². The lowest BCUT2D eigenvalue weighted by atomic mass is 9.69. The van der Waals surface area contributed by atoms with Crippen LogP contribution in [0.15, 0.2) is 0 Å². The number of hydrogen-bond acceptors (Lipinski definition) is 4. The molecule has 3 fully saturated rings. The van der Waals surface area contributed by atoms with E-state index in [0.717, 1.165) is 44.8 Å².